The summed E-state index contributed by atoms with van der Waals surface area (Å²) in [6, 6.07) is 9.09. The summed E-state index contributed by atoms with van der Waals surface area (Å²) in [6.45, 7) is 0. The van der Waals surface area contributed by atoms with Gasteiger partial charge >= 0.3 is 5.97 Å². The lowest BCUT2D eigenvalue weighted by atomic mass is 10.3. The van der Waals surface area contributed by atoms with Gasteiger partial charge in [0.2, 0.25) is 5.76 Å². The van der Waals surface area contributed by atoms with Crippen LogP contribution in [0.15, 0.2) is 47.1 Å². The van der Waals surface area contributed by atoms with Crippen LogP contribution in [-0.2, 0) is 4.79 Å². The van der Waals surface area contributed by atoms with E-state index in [0.29, 0.717) is 5.69 Å². The molecule has 2 N–H and O–H groups in total. The minimum atomic E-state index is -1.08. The number of carbonyl (C=O) groups is 2. The van der Waals surface area contributed by atoms with Crippen LogP contribution >= 0.6 is 23.2 Å². The predicted molar refractivity (Wildman–Crippen MR) is 82.7 cm³/mol. The molecule has 0 bridgehead atoms. The Kier molecular flexibility index (Phi) is 6.75. The fourth-order valence-corrected chi connectivity index (χ4v) is 1.64. The lowest BCUT2D eigenvalue weighted by Crippen LogP contribution is -2.30. The van der Waals surface area contributed by atoms with Gasteiger partial charge in [-0.2, -0.15) is 0 Å². The molecule has 22 heavy (non-hydrogen) atoms. The molecule has 0 aliphatic heterocycles. The Morgan fingerprint density at radius 1 is 1.18 bits per heavy atom. The van der Waals surface area contributed by atoms with Gasteiger partial charge in [-0.25, -0.2) is 4.79 Å². The van der Waals surface area contributed by atoms with E-state index in [0.717, 1.165) is 0 Å². The Labute approximate surface area is 136 Å². The van der Waals surface area contributed by atoms with Gasteiger partial charge in [0, 0.05) is 12.7 Å². The lowest BCUT2D eigenvalue weighted by molar-refractivity contribution is -0.116. The van der Waals surface area contributed by atoms with Crippen LogP contribution in [0.4, 0.5) is 5.69 Å². The van der Waals surface area contributed by atoms with E-state index < -0.39 is 16.7 Å². The van der Waals surface area contributed by atoms with Crippen LogP contribution in [0, 0.1) is 0 Å². The number of aromatic hydroxyl groups is 1. The molecule has 1 heterocycles. The zero-order valence-electron chi connectivity index (χ0n) is 11.4. The Morgan fingerprint density at radius 2 is 1.77 bits per heavy atom. The number of alkyl halides is 2. The second-order valence-corrected chi connectivity index (χ2v) is 5.09. The highest BCUT2D eigenvalue weighted by molar-refractivity contribution is 6.54. The number of carboxylic acids is 1. The van der Waals surface area contributed by atoms with Gasteiger partial charge in [0.25, 0.3) is 5.91 Å². The van der Waals surface area contributed by atoms with Crippen molar-refractivity contribution in [2.24, 2.45) is 0 Å². The highest BCUT2D eigenvalue weighted by Gasteiger charge is 2.17. The zero-order chi connectivity index (χ0) is 16.7. The molecule has 8 heteroatoms. The van der Waals surface area contributed by atoms with Crippen LogP contribution in [0.3, 0.4) is 0 Å². The number of carboxylic acid groups (broad SMARTS) is 1. The fraction of sp³-hybridized carbons (Fsp3) is 0.143. The first-order chi connectivity index (χ1) is 10.3. The van der Waals surface area contributed by atoms with E-state index in [4.69, 9.17) is 33.4 Å². The molecule has 0 spiro atoms. The molecule has 1 amide bonds. The molecule has 0 atom stereocenters. The average molecular weight is 346 g/mol. The average Bonchev–Trinajstić information content (AvgIpc) is 3.01. The number of halogens is 2. The first-order valence-electron chi connectivity index (χ1n) is 5.94. The number of amides is 1. The maximum Gasteiger partial charge on any atom is 0.371 e. The van der Waals surface area contributed by atoms with E-state index in [9.17, 15) is 9.59 Å². The van der Waals surface area contributed by atoms with Crippen LogP contribution < -0.4 is 4.90 Å². The molecule has 0 unspecified atom stereocenters. The largest absolute Gasteiger partial charge is 0.508 e. The van der Waals surface area contributed by atoms with Crippen LogP contribution in [0.25, 0.3) is 0 Å². The van der Waals surface area contributed by atoms with Gasteiger partial charge in [0.15, 0.2) is 4.84 Å². The zero-order valence-corrected chi connectivity index (χ0v) is 13.0. The van der Waals surface area contributed by atoms with E-state index in [2.05, 4.69) is 4.42 Å². The number of furan rings is 1. The molecule has 1 aromatic carbocycles. The standard InChI is InChI=1S/C9H9Cl2NO2.C5H4O3/c1-12(9(14)8(10)11)6-2-4-7(13)5-3-6;6-5(7)4-2-1-3-8-4/h2-5,8,13H,1H3;1-3H,(H,6,7). The summed E-state index contributed by atoms with van der Waals surface area (Å²) < 4.78 is 4.50. The maximum absolute atomic E-state index is 11.3. The minimum Gasteiger partial charge on any atom is -0.508 e. The predicted octanol–water partition coefficient (Wildman–Crippen LogP) is 3.14. The third-order valence-electron chi connectivity index (χ3n) is 2.49. The van der Waals surface area contributed by atoms with Gasteiger partial charge in [-0.3, -0.25) is 4.79 Å². The third kappa shape index (κ3) is 5.31. The number of hydrogen-bond donors (Lipinski definition) is 2. The summed E-state index contributed by atoms with van der Waals surface area (Å²) in [5.41, 5.74) is 0.624. The van der Waals surface area contributed by atoms with Crippen molar-refractivity contribution in [3.63, 3.8) is 0 Å². The number of benzene rings is 1. The van der Waals surface area contributed by atoms with E-state index in [1.54, 1.807) is 19.2 Å². The number of nitrogens with zero attached hydrogens (tertiary/aromatic N) is 1. The molecule has 6 nitrogen and oxygen atoms in total. The first kappa shape index (κ1) is 17.9. The molecule has 118 valence electrons. The topological polar surface area (TPSA) is 91.0 Å². The first-order valence-corrected chi connectivity index (χ1v) is 6.81. The van der Waals surface area contributed by atoms with E-state index in [1.165, 1.54) is 35.4 Å². The molecule has 0 aliphatic rings. The van der Waals surface area contributed by atoms with E-state index in [-0.39, 0.29) is 11.5 Å². The van der Waals surface area contributed by atoms with Crippen molar-refractivity contribution in [2.75, 3.05) is 11.9 Å². The van der Waals surface area contributed by atoms with Crippen molar-refractivity contribution < 1.29 is 24.2 Å². The van der Waals surface area contributed by atoms with Crippen molar-refractivity contribution in [3.05, 3.63) is 48.4 Å². The van der Waals surface area contributed by atoms with Crippen LogP contribution in [-0.4, -0.2) is 34.0 Å². The molecule has 0 aliphatic carbocycles. The Bertz CT molecular complexity index is 611. The second kappa shape index (κ2) is 8.31. The monoisotopic (exact) mass is 345 g/mol. The van der Waals surface area contributed by atoms with Crippen molar-refractivity contribution in [1.29, 1.82) is 0 Å². The fourth-order valence-electron chi connectivity index (χ4n) is 1.35. The van der Waals surface area contributed by atoms with E-state index >= 15 is 0 Å². The molecule has 0 saturated carbocycles. The van der Waals surface area contributed by atoms with Gasteiger partial charge in [-0.05, 0) is 36.4 Å². The molecular weight excluding hydrogens is 333 g/mol. The van der Waals surface area contributed by atoms with Crippen molar-refractivity contribution in [1.82, 2.24) is 0 Å². The molecule has 1 aromatic heterocycles. The van der Waals surface area contributed by atoms with Crippen LogP contribution in [0.2, 0.25) is 0 Å². The molecule has 0 radical (unpaired) electrons. The molecular formula is C14H13Cl2NO5. The van der Waals surface area contributed by atoms with Gasteiger partial charge in [0.05, 0.1) is 6.26 Å². The Hall–Kier alpha value is -2.18. The van der Waals surface area contributed by atoms with Crippen LogP contribution in [0.5, 0.6) is 5.75 Å². The van der Waals surface area contributed by atoms with Crippen molar-refractivity contribution >= 4 is 40.8 Å². The molecule has 0 fully saturated rings. The second-order valence-electron chi connectivity index (χ2n) is 4.00. The van der Waals surface area contributed by atoms with Gasteiger partial charge < -0.3 is 19.5 Å². The number of carbonyl (C=O) groups excluding carboxylic acids is 1. The normalized spacial score (nSPS) is 9.82. The lowest BCUT2D eigenvalue weighted by Gasteiger charge is -2.17. The Balaban J connectivity index is 0.000000255. The summed E-state index contributed by atoms with van der Waals surface area (Å²) in [5, 5.41) is 17.2. The summed E-state index contributed by atoms with van der Waals surface area (Å²) in [4.78, 5) is 21.5. The molecule has 0 saturated heterocycles. The van der Waals surface area contributed by atoms with Crippen molar-refractivity contribution in [2.45, 2.75) is 4.84 Å². The number of phenolic OH excluding ortho intramolecular Hbond substituents is 1. The van der Waals surface area contributed by atoms with Gasteiger partial charge in [0.1, 0.15) is 5.75 Å². The maximum atomic E-state index is 11.3. The number of hydrogen-bond acceptors (Lipinski definition) is 4. The highest BCUT2D eigenvalue weighted by Crippen LogP contribution is 2.19. The van der Waals surface area contributed by atoms with Crippen LogP contribution in [0.1, 0.15) is 10.6 Å². The number of rotatable bonds is 3. The van der Waals surface area contributed by atoms with Gasteiger partial charge in [-0.1, -0.05) is 23.2 Å². The minimum absolute atomic E-state index is 0.0231. The highest BCUT2D eigenvalue weighted by atomic mass is 35.5. The number of aromatic carboxylic acids is 1. The quantitative estimate of drug-likeness (QED) is 0.833. The van der Waals surface area contributed by atoms with Gasteiger partial charge in [-0.15, -0.1) is 0 Å². The summed E-state index contributed by atoms with van der Waals surface area (Å²) in [7, 11) is 1.56. The van der Waals surface area contributed by atoms with Crippen molar-refractivity contribution in [3.8, 4) is 5.75 Å². The molecule has 2 aromatic rings. The summed E-state index contributed by atoms with van der Waals surface area (Å²) in [5.74, 6) is -1.32. The summed E-state index contributed by atoms with van der Waals surface area (Å²) >= 11 is 10.9. The number of phenols is 1. The van der Waals surface area contributed by atoms with E-state index in [1.807, 2.05) is 0 Å². The SMILES string of the molecule is CN(C(=O)C(Cl)Cl)c1ccc(O)cc1.O=C(O)c1ccco1. The smallest absolute Gasteiger partial charge is 0.371 e. The third-order valence-corrected chi connectivity index (χ3v) is 2.86. The molecule has 2 rings (SSSR count). The Morgan fingerprint density at radius 3 is 2.14 bits per heavy atom. The number of anilines is 1. The summed E-state index contributed by atoms with van der Waals surface area (Å²) in [6.07, 6.45) is 1.32.